The number of rotatable bonds is 2. The fourth-order valence-corrected chi connectivity index (χ4v) is 2.87. The first-order valence-corrected chi connectivity index (χ1v) is 6.12. The van der Waals surface area contributed by atoms with E-state index in [1.165, 1.54) is 0 Å². The van der Waals surface area contributed by atoms with Gasteiger partial charge in [-0.25, -0.2) is 0 Å². The fraction of sp³-hybridized carbons (Fsp3) is 0.571. The molecular weight excluding hydrogens is 220 g/mol. The molecule has 1 nitrogen and oxygen atoms in total. The highest BCUT2D eigenvalue weighted by molar-refractivity contribution is 5.41. The van der Waals surface area contributed by atoms with Crippen molar-refractivity contribution in [3.63, 3.8) is 0 Å². The summed E-state index contributed by atoms with van der Waals surface area (Å²) < 4.78 is 28.9. The molecule has 1 aliphatic heterocycles. The second-order valence-corrected chi connectivity index (χ2v) is 5.05. The highest BCUT2D eigenvalue weighted by Crippen LogP contribution is 2.39. The van der Waals surface area contributed by atoms with Crippen LogP contribution in [0.25, 0.3) is 0 Å². The van der Waals surface area contributed by atoms with E-state index in [4.69, 9.17) is 0 Å². The van der Waals surface area contributed by atoms with Crippen LogP contribution in [0.4, 0.5) is 8.78 Å². The summed E-state index contributed by atoms with van der Waals surface area (Å²) in [6, 6.07) is 2.97. The molecule has 0 spiro atoms. The van der Waals surface area contributed by atoms with Gasteiger partial charge in [0.25, 0.3) is 5.92 Å². The van der Waals surface area contributed by atoms with Gasteiger partial charge in [-0.15, -0.1) is 0 Å². The minimum atomic E-state index is -2.77. The summed E-state index contributed by atoms with van der Waals surface area (Å²) in [6.45, 7) is 6.19. The molecule has 3 heteroatoms. The van der Waals surface area contributed by atoms with Crippen LogP contribution in [0.5, 0.6) is 0 Å². The lowest BCUT2D eigenvalue weighted by atomic mass is 9.90. The first-order valence-electron chi connectivity index (χ1n) is 6.12. The summed E-state index contributed by atoms with van der Waals surface area (Å²) in [5.74, 6) is -2.77. The van der Waals surface area contributed by atoms with Gasteiger partial charge >= 0.3 is 0 Å². The van der Waals surface area contributed by atoms with Gasteiger partial charge in [-0.1, -0.05) is 17.7 Å². The minimum absolute atomic E-state index is 0.211. The van der Waals surface area contributed by atoms with Crippen LogP contribution >= 0.6 is 0 Å². The van der Waals surface area contributed by atoms with E-state index in [9.17, 15) is 8.78 Å². The average molecular weight is 239 g/mol. The second-order valence-electron chi connectivity index (χ2n) is 5.05. The summed E-state index contributed by atoms with van der Waals surface area (Å²) in [5.41, 5.74) is 2.64. The molecule has 0 saturated carbocycles. The maximum absolute atomic E-state index is 14.5. The van der Waals surface area contributed by atoms with Crippen LogP contribution in [0.15, 0.2) is 12.1 Å². The van der Waals surface area contributed by atoms with E-state index in [0.29, 0.717) is 24.1 Å². The predicted octanol–water partition coefficient (Wildman–Crippen LogP) is 3.46. The van der Waals surface area contributed by atoms with Crippen molar-refractivity contribution in [3.8, 4) is 0 Å². The molecule has 1 fully saturated rings. The van der Waals surface area contributed by atoms with Crippen LogP contribution in [0.1, 0.15) is 35.1 Å². The first-order chi connectivity index (χ1) is 7.93. The normalized spacial score (nSPS) is 20.9. The topological polar surface area (TPSA) is 12.0 Å². The maximum atomic E-state index is 14.5. The predicted molar refractivity (Wildman–Crippen MR) is 65.6 cm³/mol. The van der Waals surface area contributed by atoms with E-state index in [2.05, 4.69) is 5.32 Å². The summed E-state index contributed by atoms with van der Waals surface area (Å²) in [6.07, 6.45) is 1.39. The van der Waals surface area contributed by atoms with Crippen molar-refractivity contribution in [1.29, 1.82) is 0 Å². The molecule has 0 amide bonds. The van der Waals surface area contributed by atoms with Gasteiger partial charge < -0.3 is 5.32 Å². The third-order valence-electron chi connectivity index (χ3n) is 3.51. The zero-order chi connectivity index (χ0) is 12.6. The number of hydrogen-bond acceptors (Lipinski definition) is 1. The van der Waals surface area contributed by atoms with Crippen molar-refractivity contribution in [2.24, 2.45) is 0 Å². The first kappa shape index (κ1) is 12.5. The zero-order valence-corrected chi connectivity index (χ0v) is 10.6. The molecule has 1 N–H and O–H groups in total. The molecule has 1 unspecified atom stereocenters. The number of alkyl halides is 2. The Balaban J connectivity index is 2.44. The fourth-order valence-electron chi connectivity index (χ4n) is 2.87. The summed E-state index contributed by atoms with van der Waals surface area (Å²) in [5, 5.41) is 2.91. The average Bonchev–Trinajstić information content (AvgIpc) is 2.67. The summed E-state index contributed by atoms with van der Waals surface area (Å²) >= 11 is 0. The molecule has 0 radical (unpaired) electrons. The van der Waals surface area contributed by atoms with Gasteiger partial charge in [0.1, 0.15) is 0 Å². The summed E-state index contributed by atoms with van der Waals surface area (Å²) in [4.78, 5) is 0. The van der Waals surface area contributed by atoms with Crippen molar-refractivity contribution in [3.05, 3.63) is 34.4 Å². The number of nitrogens with one attached hydrogen (secondary N) is 1. The Labute approximate surface area is 101 Å². The quantitative estimate of drug-likeness (QED) is 0.833. The Bertz CT molecular complexity index is 397. The molecule has 17 heavy (non-hydrogen) atoms. The van der Waals surface area contributed by atoms with E-state index in [1.807, 2.05) is 19.1 Å². The lowest BCUT2D eigenvalue weighted by molar-refractivity contribution is -0.0387. The van der Waals surface area contributed by atoms with Crippen molar-refractivity contribution >= 4 is 0 Å². The van der Waals surface area contributed by atoms with Crippen LogP contribution in [-0.2, 0) is 5.92 Å². The minimum Gasteiger partial charge on any atom is -0.308 e. The molecule has 0 aliphatic carbocycles. The standard InChI is InChI=1S/C14H19F2N/c1-9-7-10(2)13(11(3)8-9)14(15,16)12-5-4-6-17-12/h7-8,12,17H,4-6H2,1-3H3. The molecule has 94 valence electrons. The van der Waals surface area contributed by atoms with Crippen LogP contribution in [0.3, 0.4) is 0 Å². The maximum Gasteiger partial charge on any atom is 0.288 e. The molecule has 2 rings (SSSR count). The van der Waals surface area contributed by atoms with E-state index >= 15 is 0 Å². The van der Waals surface area contributed by atoms with Gasteiger partial charge in [0.2, 0.25) is 0 Å². The molecule has 1 heterocycles. The molecule has 0 aromatic heterocycles. The van der Waals surface area contributed by atoms with Gasteiger partial charge in [0.05, 0.1) is 6.04 Å². The number of aryl methyl sites for hydroxylation is 3. The van der Waals surface area contributed by atoms with Crippen molar-refractivity contribution in [2.45, 2.75) is 45.6 Å². The molecule has 1 atom stereocenters. The SMILES string of the molecule is Cc1cc(C)c(C(F)(F)C2CCCN2)c(C)c1. The zero-order valence-electron chi connectivity index (χ0n) is 10.6. The van der Waals surface area contributed by atoms with Gasteiger partial charge in [-0.3, -0.25) is 0 Å². The van der Waals surface area contributed by atoms with Gasteiger partial charge in [0, 0.05) is 5.56 Å². The third kappa shape index (κ3) is 2.21. The number of hydrogen-bond donors (Lipinski definition) is 1. The molecular formula is C14H19F2N. The molecule has 1 aromatic rings. The highest BCUT2D eigenvalue weighted by atomic mass is 19.3. The van der Waals surface area contributed by atoms with Crippen molar-refractivity contribution in [1.82, 2.24) is 5.32 Å². The van der Waals surface area contributed by atoms with E-state index in [0.717, 1.165) is 12.0 Å². The van der Waals surface area contributed by atoms with Gasteiger partial charge in [-0.2, -0.15) is 8.78 Å². The highest BCUT2D eigenvalue weighted by Gasteiger charge is 2.44. The Kier molecular flexibility index (Phi) is 3.21. The van der Waals surface area contributed by atoms with E-state index in [-0.39, 0.29) is 5.56 Å². The molecule has 1 saturated heterocycles. The van der Waals surface area contributed by atoms with Crippen LogP contribution < -0.4 is 5.32 Å². The lowest BCUT2D eigenvalue weighted by Crippen LogP contribution is -2.39. The summed E-state index contributed by atoms with van der Waals surface area (Å²) in [7, 11) is 0. The largest absolute Gasteiger partial charge is 0.308 e. The Morgan fingerprint density at radius 3 is 2.24 bits per heavy atom. The molecule has 0 bridgehead atoms. The smallest absolute Gasteiger partial charge is 0.288 e. The molecule has 1 aromatic carbocycles. The molecule has 1 aliphatic rings. The van der Waals surface area contributed by atoms with Crippen molar-refractivity contribution < 1.29 is 8.78 Å². The number of halogens is 2. The third-order valence-corrected chi connectivity index (χ3v) is 3.51. The van der Waals surface area contributed by atoms with Crippen LogP contribution in [0.2, 0.25) is 0 Å². The van der Waals surface area contributed by atoms with Crippen LogP contribution in [-0.4, -0.2) is 12.6 Å². The Morgan fingerprint density at radius 1 is 1.18 bits per heavy atom. The van der Waals surface area contributed by atoms with Crippen molar-refractivity contribution in [2.75, 3.05) is 6.54 Å². The lowest BCUT2D eigenvalue weighted by Gasteiger charge is -2.27. The van der Waals surface area contributed by atoms with Gasteiger partial charge in [-0.05, 0) is 51.3 Å². The second kappa shape index (κ2) is 4.37. The van der Waals surface area contributed by atoms with E-state index < -0.39 is 12.0 Å². The Morgan fingerprint density at radius 2 is 1.76 bits per heavy atom. The Hall–Kier alpha value is -0.960. The van der Waals surface area contributed by atoms with E-state index in [1.54, 1.807) is 13.8 Å². The van der Waals surface area contributed by atoms with Gasteiger partial charge in [0.15, 0.2) is 0 Å². The number of benzene rings is 1. The monoisotopic (exact) mass is 239 g/mol. The van der Waals surface area contributed by atoms with Crippen LogP contribution in [0, 0.1) is 20.8 Å².